The molecule has 1 aromatic rings. The summed E-state index contributed by atoms with van der Waals surface area (Å²) < 4.78 is 24.2. The van der Waals surface area contributed by atoms with Gasteiger partial charge in [-0.3, -0.25) is 9.54 Å². The summed E-state index contributed by atoms with van der Waals surface area (Å²) in [6, 6.07) is 3.94. The van der Waals surface area contributed by atoms with Crippen LogP contribution in [-0.4, -0.2) is 18.0 Å². The third-order valence-electron chi connectivity index (χ3n) is 0.847. The number of thiol groups is 1. The highest BCUT2D eigenvalue weighted by Gasteiger charge is 1.72. The number of aromatic nitrogens is 1. The predicted molar refractivity (Wildman–Crippen MR) is 41.9 cm³/mol. The fraction of sp³-hybridized carbons (Fsp3) is 0.167. The van der Waals surface area contributed by atoms with Gasteiger partial charge in [-0.05, 0) is 24.6 Å². The van der Waals surface area contributed by atoms with Crippen LogP contribution in [0.4, 0.5) is 0 Å². The van der Waals surface area contributed by atoms with Crippen LogP contribution in [0.3, 0.4) is 0 Å². The highest BCUT2D eigenvalue weighted by Crippen LogP contribution is 1.88. The van der Waals surface area contributed by atoms with Crippen molar-refractivity contribution in [1.29, 1.82) is 0 Å². The molecule has 62 valence electrons. The Bertz CT molecular complexity index is 250. The molecule has 0 spiro atoms. The second-order valence-corrected chi connectivity index (χ2v) is 2.24. The van der Waals surface area contributed by atoms with Gasteiger partial charge in [0.1, 0.15) is 0 Å². The first kappa shape index (κ1) is 10.1. The predicted octanol–water partition coefficient (Wildman–Crippen LogP) is 0.461. The molecule has 0 radical (unpaired) electrons. The van der Waals surface area contributed by atoms with Crippen molar-refractivity contribution in [3.05, 3.63) is 30.1 Å². The molecule has 0 aliphatic heterocycles. The summed E-state index contributed by atoms with van der Waals surface area (Å²) in [6.45, 7) is 2.04. The lowest BCUT2D eigenvalue weighted by Crippen LogP contribution is -1.68. The first-order chi connectivity index (χ1) is 5.13. The Hall–Kier alpha value is -0.940. The van der Waals surface area contributed by atoms with Crippen molar-refractivity contribution >= 4 is 11.0 Å². The Morgan fingerprint density at radius 1 is 1.36 bits per heavy atom. The maximum absolute atomic E-state index is 8.59. The van der Waals surface area contributed by atoms with Crippen LogP contribution in [0.25, 0.3) is 0 Å². The van der Waals surface area contributed by atoms with E-state index in [0.29, 0.717) is 0 Å². The molecule has 0 bridgehead atoms. The van der Waals surface area contributed by atoms with Gasteiger partial charge in [-0.2, -0.15) is 0 Å². The molecule has 0 saturated heterocycles. The summed E-state index contributed by atoms with van der Waals surface area (Å²) in [5.74, 6) is 0. The van der Waals surface area contributed by atoms with Gasteiger partial charge in [0.15, 0.2) is 0 Å². The zero-order valence-corrected chi connectivity index (χ0v) is 6.86. The monoisotopic (exact) mass is 175 g/mol. The van der Waals surface area contributed by atoms with E-state index in [1.165, 1.54) is 5.56 Å². The van der Waals surface area contributed by atoms with Gasteiger partial charge in [-0.1, -0.05) is 0 Å². The van der Waals surface area contributed by atoms with Gasteiger partial charge >= 0.3 is 0 Å². The van der Waals surface area contributed by atoms with E-state index in [9.17, 15) is 0 Å². The van der Waals surface area contributed by atoms with Crippen LogP contribution in [0.15, 0.2) is 24.5 Å². The second kappa shape index (κ2) is 5.82. The van der Waals surface area contributed by atoms with E-state index in [1.807, 2.05) is 19.1 Å². The van der Waals surface area contributed by atoms with Crippen molar-refractivity contribution in [2.45, 2.75) is 6.92 Å². The summed E-state index contributed by atoms with van der Waals surface area (Å²) in [6.07, 6.45) is 3.57. The number of hydrogen-bond acceptors (Lipinski definition) is 3. The van der Waals surface area contributed by atoms with E-state index in [0.717, 1.165) is 0 Å². The summed E-state index contributed by atoms with van der Waals surface area (Å²) in [5.41, 5.74) is 1.26. The van der Waals surface area contributed by atoms with Crippen LogP contribution >= 0.6 is 0 Å². The molecule has 1 N–H and O–H groups in total. The van der Waals surface area contributed by atoms with Gasteiger partial charge in [-0.15, -0.1) is 0 Å². The topological polar surface area (TPSA) is 67.3 Å². The summed E-state index contributed by atoms with van der Waals surface area (Å²) in [5, 5.41) is 0. The van der Waals surface area contributed by atoms with Gasteiger partial charge in [-0.25, -0.2) is 8.42 Å². The number of hydrogen-bond donors (Lipinski definition) is 2. The number of aryl methyl sites for hydroxylation is 1. The Kier molecular flexibility index (Phi) is 5.32. The van der Waals surface area contributed by atoms with E-state index < -0.39 is 11.0 Å². The Balaban J connectivity index is 0.000000218. The largest absolute Gasteiger partial charge is 0.288 e. The molecule has 0 atom stereocenters. The molecule has 0 unspecified atom stereocenters. The molecule has 0 saturated carbocycles. The maximum Gasteiger partial charge on any atom is 0.254 e. The fourth-order valence-electron chi connectivity index (χ4n) is 0.426. The lowest BCUT2D eigenvalue weighted by Gasteiger charge is -1.82. The number of nitrogens with zero attached hydrogens (tertiary/aromatic N) is 1. The average Bonchev–Trinajstić information content (AvgIpc) is 1.87. The molecule has 0 fully saturated rings. The lowest BCUT2D eigenvalue weighted by molar-refractivity contribution is 0.509. The van der Waals surface area contributed by atoms with E-state index in [1.54, 1.807) is 12.4 Å². The van der Waals surface area contributed by atoms with Crippen molar-refractivity contribution in [3.63, 3.8) is 0 Å². The molecule has 0 amide bonds. The van der Waals surface area contributed by atoms with Gasteiger partial charge in [0, 0.05) is 12.4 Å². The zero-order valence-electron chi connectivity index (χ0n) is 5.97. The van der Waals surface area contributed by atoms with E-state index in [2.05, 4.69) is 4.98 Å². The summed E-state index contributed by atoms with van der Waals surface area (Å²) in [7, 11) is -3.12. The van der Waals surface area contributed by atoms with Gasteiger partial charge in [0.25, 0.3) is 11.0 Å². The van der Waals surface area contributed by atoms with Crippen molar-refractivity contribution in [2.75, 3.05) is 0 Å². The third-order valence-corrected chi connectivity index (χ3v) is 0.847. The van der Waals surface area contributed by atoms with E-state index >= 15 is 0 Å². The molecule has 0 aromatic carbocycles. The molecule has 1 heterocycles. The molecule has 11 heavy (non-hydrogen) atoms. The van der Waals surface area contributed by atoms with Crippen LogP contribution in [-0.2, 0) is 11.0 Å². The van der Waals surface area contributed by atoms with Crippen LogP contribution in [0, 0.1) is 6.92 Å². The quantitative estimate of drug-likeness (QED) is 0.444. The molecular formula is C6H9NO3S. The van der Waals surface area contributed by atoms with Crippen molar-refractivity contribution in [1.82, 2.24) is 4.98 Å². The lowest BCUT2D eigenvalue weighted by atomic mass is 10.3. The third kappa shape index (κ3) is 9.06. The molecular weight excluding hydrogens is 166 g/mol. The van der Waals surface area contributed by atoms with E-state index in [4.69, 9.17) is 13.0 Å². The van der Waals surface area contributed by atoms with Gasteiger partial charge < -0.3 is 0 Å². The standard InChI is InChI=1S/C6H7N.H2O3S/c1-6-2-4-7-5-3-6;1-4(2)3/h2-5H,1H3;4H,(H,1,2,3). The van der Waals surface area contributed by atoms with Crippen molar-refractivity contribution in [2.24, 2.45) is 0 Å². The Morgan fingerprint density at radius 2 is 1.73 bits per heavy atom. The van der Waals surface area contributed by atoms with Gasteiger partial charge in [0.2, 0.25) is 0 Å². The summed E-state index contributed by atoms with van der Waals surface area (Å²) in [4.78, 5) is 3.85. The molecule has 0 aliphatic rings. The normalized spacial score (nSPS) is 8.64. The van der Waals surface area contributed by atoms with Crippen LogP contribution in [0.2, 0.25) is 0 Å². The minimum absolute atomic E-state index is 1.26. The maximum atomic E-state index is 8.59. The average molecular weight is 175 g/mol. The Morgan fingerprint density at radius 3 is 1.91 bits per heavy atom. The zero-order chi connectivity index (χ0) is 8.69. The molecule has 1 aromatic heterocycles. The first-order valence-corrected chi connectivity index (χ1v) is 3.96. The first-order valence-electron chi connectivity index (χ1n) is 2.83. The highest BCUT2D eigenvalue weighted by molar-refractivity contribution is 7.66. The van der Waals surface area contributed by atoms with Gasteiger partial charge in [0.05, 0.1) is 0 Å². The van der Waals surface area contributed by atoms with E-state index in [-0.39, 0.29) is 0 Å². The molecule has 5 heteroatoms. The molecule has 4 nitrogen and oxygen atoms in total. The molecule has 1 rings (SSSR count). The van der Waals surface area contributed by atoms with Crippen LogP contribution < -0.4 is 0 Å². The number of pyridine rings is 1. The van der Waals surface area contributed by atoms with Crippen molar-refractivity contribution in [3.8, 4) is 0 Å². The summed E-state index contributed by atoms with van der Waals surface area (Å²) >= 11 is 0. The minimum atomic E-state index is -3.12. The SMILES string of the molecule is Cc1ccncc1.O=[SH](=O)O. The fourth-order valence-corrected chi connectivity index (χ4v) is 0.426. The van der Waals surface area contributed by atoms with Crippen molar-refractivity contribution < 1.29 is 13.0 Å². The molecule has 0 aliphatic carbocycles. The second-order valence-electron chi connectivity index (χ2n) is 1.76. The van der Waals surface area contributed by atoms with Crippen LogP contribution in [0.5, 0.6) is 0 Å². The highest BCUT2D eigenvalue weighted by atomic mass is 32.2. The smallest absolute Gasteiger partial charge is 0.254 e. The minimum Gasteiger partial charge on any atom is -0.288 e. The van der Waals surface area contributed by atoms with Crippen LogP contribution in [0.1, 0.15) is 5.56 Å². The Labute approximate surface area is 66.7 Å². The number of rotatable bonds is 0.